The molecule has 0 heterocycles. The summed E-state index contributed by atoms with van der Waals surface area (Å²) in [5.41, 5.74) is -1.47. The maximum atomic E-state index is 13.0. The Kier molecular flexibility index (Phi) is 6.05. The monoisotopic (exact) mass is 494 g/mol. The Balaban J connectivity index is 1.68. The van der Waals surface area contributed by atoms with Crippen LogP contribution >= 0.6 is 0 Å². The number of carbonyl (C=O) groups is 3. The molecule has 0 N–H and O–H groups in total. The van der Waals surface area contributed by atoms with Crippen molar-refractivity contribution < 1.29 is 32.5 Å². The third kappa shape index (κ3) is 4.11. The predicted octanol–water partition coefficient (Wildman–Crippen LogP) is 2.98. The van der Waals surface area contributed by atoms with E-state index in [1.807, 2.05) is 0 Å². The van der Waals surface area contributed by atoms with Crippen LogP contribution in [0.1, 0.15) is 47.8 Å². The fraction of sp³-hybridized carbons (Fsp3) is 0.125. The van der Waals surface area contributed by atoms with Crippen LogP contribution in [0.3, 0.4) is 0 Å². The van der Waals surface area contributed by atoms with E-state index in [1.54, 1.807) is 6.07 Å². The van der Waals surface area contributed by atoms with E-state index in [-0.39, 0.29) is 28.2 Å². The summed E-state index contributed by atoms with van der Waals surface area (Å²) >= 11 is 0. The standard InChI is InChI=1S/C24H18N2O8S/c1-25(2)35(32,33)15-7-5-6-14(12-15)13-34-24(29)19-11-10-18-20(21(19)26(30)31)23(28)17-9-4-3-8-16(17)22(18)27/h3-12H,13H2,1-2H3. The summed E-state index contributed by atoms with van der Waals surface area (Å²) in [6.07, 6.45) is 0. The van der Waals surface area contributed by atoms with Gasteiger partial charge in [0.2, 0.25) is 15.8 Å². The van der Waals surface area contributed by atoms with E-state index in [2.05, 4.69) is 0 Å². The lowest BCUT2D eigenvalue weighted by molar-refractivity contribution is -0.385. The van der Waals surface area contributed by atoms with Gasteiger partial charge in [0.25, 0.3) is 5.69 Å². The van der Waals surface area contributed by atoms with Gasteiger partial charge in [-0.05, 0) is 29.8 Å². The molecule has 0 saturated heterocycles. The number of carbonyl (C=O) groups excluding carboxylic acids is 3. The van der Waals surface area contributed by atoms with Gasteiger partial charge in [0.15, 0.2) is 5.78 Å². The van der Waals surface area contributed by atoms with Gasteiger partial charge < -0.3 is 4.74 Å². The van der Waals surface area contributed by atoms with Crippen LogP contribution in [0.5, 0.6) is 0 Å². The zero-order valence-electron chi connectivity index (χ0n) is 18.5. The van der Waals surface area contributed by atoms with Crippen molar-refractivity contribution >= 4 is 33.2 Å². The van der Waals surface area contributed by atoms with Crippen molar-refractivity contribution in [3.8, 4) is 0 Å². The summed E-state index contributed by atoms with van der Waals surface area (Å²) in [7, 11) is -0.967. The van der Waals surface area contributed by atoms with Gasteiger partial charge >= 0.3 is 5.97 Å². The first-order valence-corrected chi connectivity index (χ1v) is 11.7. The second-order valence-electron chi connectivity index (χ2n) is 7.86. The molecule has 0 bridgehead atoms. The molecule has 178 valence electrons. The Labute approximate surface area is 200 Å². The minimum Gasteiger partial charge on any atom is -0.457 e. The number of nitro benzene ring substituents is 1. The van der Waals surface area contributed by atoms with Crippen LogP contribution in [-0.4, -0.2) is 49.3 Å². The molecular formula is C24H18N2O8S. The van der Waals surface area contributed by atoms with E-state index in [9.17, 15) is 32.9 Å². The van der Waals surface area contributed by atoms with Gasteiger partial charge in [-0.25, -0.2) is 17.5 Å². The smallest absolute Gasteiger partial charge is 0.345 e. The molecule has 3 aromatic rings. The highest BCUT2D eigenvalue weighted by Gasteiger charge is 2.39. The Morgan fingerprint density at radius 1 is 0.943 bits per heavy atom. The van der Waals surface area contributed by atoms with Crippen LogP contribution in [0.15, 0.2) is 65.6 Å². The molecule has 1 aliphatic carbocycles. The predicted molar refractivity (Wildman–Crippen MR) is 123 cm³/mol. The lowest BCUT2D eigenvalue weighted by Gasteiger charge is -2.18. The molecule has 0 unspecified atom stereocenters. The van der Waals surface area contributed by atoms with Gasteiger partial charge in [-0.2, -0.15) is 0 Å². The summed E-state index contributed by atoms with van der Waals surface area (Å²) in [5.74, 6) is -2.39. The number of fused-ring (bicyclic) bond motifs is 2. The van der Waals surface area contributed by atoms with Gasteiger partial charge in [-0.1, -0.05) is 36.4 Å². The number of esters is 1. The quantitative estimate of drug-likeness (QED) is 0.226. The molecular weight excluding hydrogens is 476 g/mol. The largest absolute Gasteiger partial charge is 0.457 e. The fourth-order valence-electron chi connectivity index (χ4n) is 3.76. The Bertz CT molecular complexity index is 1530. The third-order valence-corrected chi connectivity index (χ3v) is 7.33. The van der Waals surface area contributed by atoms with Crippen LogP contribution in [0.4, 0.5) is 5.69 Å². The molecule has 11 heteroatoms. The molecule has 0 radical (unpaired) electrons. The summed E-state index contributed by atoms with van der Waals surface area (Å²) in [6.45, 7) is -0.375. The highest BCUT2D eigenvalue weighted by Crippen LogP contribution is 2.35. The number of nitro groups is 1. The molecule has 35 heavy (non-hydrogen) atoms. The fourth-order valence-corrected chi connectivity index (χ4v) is 4.73. The van der Waals surface area contributed by atoms with E-state index >= 15 is 0 Å². The third-order valence-electron chi connectivity index (χ3n) is 5.52. The van der Waals surface area contributed by atoms with Crippen molar-refractivity contribution in [1.82, 2.24) is 4.31 Å². The molecule has 0 atom stereocenters. The zero-order chi connectivity index (χ0) is 25.5. The molecule has 10 nitrogen and oxygen atoms in total. The number of ketones is 2. The summed E-state index contributed by atoms with van der Waals surface area (Å²) in [5, 5.41) is 11.9. The summed E-state index contributed by atoms with van der Waals surface area (Å²) in [4.78, 5) is 49.7. The first-order valence-electron chi connectivity index (χ1n) is 10.2. The van der Waals surface area contributed by atoms with Gasteiger partial charge in [0, 0.05) is 30.8 Å². The van der Waals surface area contributed by atoms with Gasteiger partial charge in [0.1, 0.15) is 17.7 Å². The van der Waals surface area contributed by atoms with Crippen molar-refractivity contribution in [2.75, 3.05) is 14.1 Å². The minimum absolute atomic E-state index is 0.0116. The molecule has 0 amide bonds. The highest BCUT2D eigenvalue weighted by molar-refractivity contribution is 7.89. The van der Waals surface area contributed by atoms with Crippen molar-refractivity contribution in [1.29, 1.82) is 0 Å². The molecule has 3 aromatic carbocycles. The SMILES string of the molecule is CN(C)S(=O)(=O)c1cccc(COC(=O)c2ccc3c(c2[N+](=O)[O-])C(=O)c2ccccc2C3=O)c1. The maximum Gasteiger partial charge on any atom is 0.345 e. The molecule has 0 aromatic heterocycles. The Morgan fingerprint density at radius 3 is 2.23 bits per heavy atom. The van der Waals surface area contributed by atoms with Gasteiger partial charge in [-0.15, -0.1) is 0 Å². The second-order valence-corrected chi connectivity index (χ2v) is 10.0. The van der Waals surface area contributed by atoms with Crippen LogP contribution in [-0.2, 0) is 21.4 Å². The van der Waals surface area contributed by atoms with Crippen LogP contribution in [0.25, 0.3) is 0 Å². The number of sulfonamides is 1. The molecule has 0 fully saturated rings. The van der Waals surface area contributed by atoms with E-state index in [0.717, 1.165) is 10.4 Å². The lowest BCUT2D eigenvalue weighted by Crippen LogP contribution is -2.24. The number of hydrogen-bond acceptors (Lipinski definition) is 8. The number of rotatable bonds is 6. The Hall–Kier alpha value is -4.22. The molecule has 0 saturated carbocycles. The number of benzene rings is 3. The Morgan fingerprint density at radius 2 is 1.60 bits per heavy atom. The topological polar surface area (TPSA) is 141 Å². The lowest BCUT2D eigenvalue weighted by atomic mass is 9.82. The molecule has 0 spiro atoms. The first-order chi connectivity index (χ1) is 16.5. The van der Waals surface area contributed by atoms with E-state index in [1.165, 1.54) is 62.6 Å². The van der Waals surface area contributed by atoms with Crippen molar-refractivity contribution in [2.24, 2.45) is 0 Å². The van der Waals surface area contributed by atoms with E-state index < -0.39 is 49.3 Å². The van der Waals surface area contributed by atoms with Crippen molar-refractivity contribution in [3.63, 3.8) is 0 Å². The highest BCUT2D eigenvalue weighted by atomic mass is 32.2. The van der Waals surface area contributed by atoms with E-state index in [4.69, 9.17) is 4.74 Å². The van der Waals surface area contributed by atoms with E-state index in [0.29, 0.717) is 5.56 Å². The van der Waals surface area contributed by atoms with Gasteiger partial charge in [0.05, 0.1) is 9.82 Å². The van der Waals surface area contributed by atoms with Crippen molar-refractivity contribution in [2.45, 2.75) is 11.5 Å². The summed E-state index contributed by atoms with van der Waals surface area (Å²) in [6, 6.07) is 13.9. The maximum absolute atomic E-state index is 13.0. The average Bonchev–Trinajstić information content (AvgIpc) is 2.85. The van der Waals surface area contributed by atoms with Crippen molar-refractivity contribution in [3.05, 3.63) is 104 Å². The zero-order valence-corrected chi connectivity index (χ0v) is 19.4. The van der Waals surface area contributed by atoms with Crippen LogP contribution in [0, 0.1) is 10.1 Å². The van der Waals surface area contributed by atoms with Crippen LogP contribution < -0.4 is 0 Å². The molecule has 0 aliphatic heterocycles. The number of nitrogens with zero attached hydrogens (tertiary/aromatic N) is 2. The average molecular weight is 494 g/mol. The van der Waals surface area contributed by atoms with Crippen LogP contribution in [0.2, 0.25) is 0 Å². The summed E-state index contributed by atoms with van der Waals surface area (Å²) < 4.78 is 30.9. The first kappa shape index (κ1) is 23.9. The number of hydrogen-bond donors (Lipinski definition) is 0. The molecule has 1 aliphatic rings. The number of ether oxygens (including phenoxy) is 1. The minimum atomic E-state index is -3.72. The van der Waals surface area contributed by atoms with Gasteiger partial charge in [-0.3, -0.25) is 19.7 Å². The normalized spacial score (nSPS) is 12.8. The molecule has 4 rings (SSSR count). The second kappa shape index (κ2) is 8.85.